The lowest BCUT2D eigenvalue weighted by Crippen LogP contribution is -2.49. The van der Waals surface area contributed by atoms with Gasteiger partial charge < -0.3 is 9.80 Å². The number of imide groups is 1. The molecule has 5 rings (SSSR count). The first-order valence-corrected chi connectivity index (χ1v) is 11.6. The van der Waals surface area contributed by atoms with E-state index < -0.39 is 0 Å². The van der Waals surface area contributed by atoms with Crippen molar-refractivity contribution in [1.82, 2.24) is 19.8 Å². The van der Waals surface area contributed by atoms with Gasteiger partial charge in [0.05, 0.1) is 27.9 Å². The summed E-state index contributed by atoms with van der Waals surface area (Å²) in [5.74, 6) is 0.284. The molecule has 0 spiro atoms. The summed E-state index contributed by atoms with van der Waals surface area (Å²) in [6.07, 6.45) is 0. The molecule has 0 saturated carbocycles. The average Bonchev–Trinajstić information content (AvgIpc) is 3.07. The Morgan fingerprint density at radius 1 is 0.912 bits per heavy atom. The first-order chi connectivity index (χ1) is 16.3. The third-order valence-corrected chi connectivity index (χ3v) is 6.35. The molecule has 1 saturated heterocycles. The van der Waals surface area contributed by atoms with Crippen LogP contribution in [-0.2, 0) is 0 Å². The maximum atomic E-state index is 13.2. The first kappa shape index (κ1) is 22.0. The monoisotopic (exact) mass is 457 g/mol. The third-order valence-electron chi connectivity index (χ3n) is 6.35. The van der Waals surface area contributed by atoms with Crippen LogP contribution in [0.2, 0.25) is 0 Å². The van der Waals surface area contributed by atoms with Crippen molar-refractivity contribution in [2.75, 3.05) is 37.6 Å². The molecule has 3 amide bonds. The Balaban J connectivity index is 1.30. The zero-order valence-electron chi connectivity index (χ0n) is 19.6. The van der Waals surface area contributed by atoms with Crippen LogP contribution in [0.5, 0.6) is 0 Å². The molecule has 2 aliphatic rings. The number of benzene rings is 2. The van der Waals surface area contributed by atoms with Crippen molar-refractivity contribution in [1.29, 1.82) is 0 Å². The Labute approximate surface area is 198 Å². The molecule has 3 aromatic rings. The Morgan fingerprint density at radius 2 is 1.56 bits per heavy atom. The van der Waals surface area contributed by atoms with Crippen molar-refractivity contribution in [2.45, 2.75) is 20.8 Å². The molecule has 0 atom stereocenters. The molecule has 2 aromatic carbocycles. The van der Waals surface area contributed by atoms with Crippen LogP contribution in [0.3, 0.4) is 0 Å². The SMILES string of the molecule is Cc1nc2ccccc2nc1N1CCN(C(=O)c2ccc3c(c2)C(=O)N(CC(C)C)C3=O)CC1. The Hall–Kier alpha value is -3.81. The van der Waals surface area contributed by atoms with E-state index in [-0.39, 0.29) is 23.6 Å². The van der Waals surface area contributed by atoms with E-state index in [4.69, 9.17) is 4.98 Å². The summed E-state index contributed by atoms with van der Waals surface area (Å²) in [5, 5.41) is 0. The second-order valence-electron chi connectivity index (χ2n) is 9.28. The van der Waals surface area contributed by atoms with Gasteiger partial charge in [-0.2, -0.15) is 0 Å². The minimum absolute atomic E-state index is 0.133. The van der Waals surface area contributed by atoms with Crippen LogP contribution in [0.15, 0.2) is 42.5 Å². The van der Waals surface area contributed by atoms with Crippen molar-refractivity contribution < 1.29 is 14.4 Å². The molecule has 0 aliphatic carbocycles. The maximum absolute atomic E-state index is 13.2. The van der Waals surface area contributed by atoms with Gasteiger partial charge in [-0.25, -0.2) is 9.97 Å². The van der Waals surface area contributed by atoms with Crippen molar-refractivity contribution in [2.24, 2.45) is 5.92 Å². The molecule has 1 fully saturated rings. The fourth-order valence-corrected chi connectivity index (χ4v) is 4.64. The molecule has 8 nitrogen and oxygen atoms in total. The van der Waals surface area contributed by atoms with E-state index in [9.17, 15) is 14.4 Å². The van der Waals surface area contributed by atoms with Gasteiger partial charge in [0.2, 0.25) is 0 Å². The molecule has 3 heterocycles. The van der Waals surface area contributed by atoms with Gasteiger partial charge in [-0.3, -0.25) is 19.3 Å². The van der Waals surface area contributed by atoms with E-state index in [2.05, 4.69) is 9.88 Å². The Kier molecular flexibility index (Phi) is 5.51. The lowest BCUT2D eigenvalue weighted by atomic mass is 10.0. The molecule has 2 aliphatic heterocycles. The highest BCUT2D eigenvalue weighted by Crippen LogP contribution is 2.26. The molecule has 174 valence electrons. The van der Waals surface area contributed by atoms with E-state index in [1.54, 1.807) is 23.1 Å². The predicted octanol–water partition coefficient (Wildman–Crippen LogP) is 3.15. The lowest BCUT2D eigenvalue weighted by molar-refractivity contribution is 0.0635. The van der Waals surface area contributed by atoms with E-state index in [0.717, 1.165) is 22.5 Å². The highest BCUT2D eigenvalue weighted by molar-refractivity contribution is 6.22. The van der Waals surface area contributed by atoms with Gasteiger partial charge in [0.25, 0.3) is 17.7 Å². The molecule has 8 heteroatoms. The van der Waals surface area contributed by atoms with Crippen LogP contribution < -0.4 is 4.90 Å². The number of rotatable bonds is 4. The van der Waals surface area contributed by atoms with Crippen LogP contribution in [0.1, 0.15) is 50.6 Å². The largest absolute Gasteiger partial charge is 0.352 e. The van der Waals surface area contributed by atoms with Gasteiger partial charge in [0, 0.05) is 38.3 Å². The standard InChI is InChI=1S/C26H27N5O3/c1-16(2)15-31-25(33)19-9-8-18(14-20(19)26(31)34)24(32)30-12-10-29(11-13-30)23-17(3)27-21-6-4-5-7-22(21)28-23/h4-9,14,16H,10-13,15H2,1-3H3. The van der Waals surface area contributed by atoms with Gasteiger partial charge in [-0.15, -0.1) is 0 Å². The van der Waals surface area contributed by atoms with Crippen LogP contribution in [-0.4, -0.2) is 70.2 Å². The number of carbonyl (C=O) groups is 3. The molecule has 0 N–H and O–H groups in total. The number of fused-ring (bicyclic) bond motifs is 2. The molecular weight excluding hydrogens is 430 g/mol. The maximum Gasteiger partial charge on any atom is 0.261 e. The van der Waals surface area contributed by atoms with Gasteiger partial charge in [0.1, 0.15) is 0 Å². The van der Waals surface area contributed by atoms with Crippen LogP contribution >= 0.6 is 0 Å². The summed E-state index contributed by atoms with van der Waals surface area (Å²) in [4.78, 5) is 53.3. The first-order valence-electron chi connectivity index (χ1n) is 11.6. The normalized spacial score (nSPS) is 16.1. The second kappa shape index (κ2) is 8.52. The minimum atomic E-state index is -0.321. The quantitative estimate of drug-likeness (QED) is 0.560. The lowest BCUT2D eigenvalue weighted by Gasteiger charge is -2.36. The third kappa shape index (κ3) is 3.79. The molecule has 0 bridgehead atoms. The topological polar surface area (TPSA) is 86.7 Å². The number of aromatic nitrogens is 2. The van der Waals surface area contributed by atoms with Crippen molar-refractivity contribution in [3.05, 3.63) is 64.8 Å². The van der Waals surface area contributed by atoms with Crippen LogP contribution in [0.25, 0.3) is 11.0 Å². The predicted molar refractivity (Wildman–Crippen MR) is 129 cm³/mol. The number of aryl methyl sites for hydroxylation is 1. The molecule has 0 unspecified atom stereocenters. The van der Waals surface area contributed by atoms with Crippen molar-refractivity contribution in [3.8, 4) is 0 Å². The smallest absolute Gasteiger partial charge is 0.261 e. The number of hydrogen-bond donors (Lipinski definition) is 0. The number of piperazine rings is 1. The summed E-state index contributed by atoms with van der Waals surface area (Å²) >= 11 is 0. The zero-order chi connectivity index (χ0) is 24.0. The number of anilines is 1. The van der Waals surface area contributed by atoms with E-state index >= 15 is 0 Å². The number of hydrogen-bond acceptors (Lipinski definition) is 6. The zero-order valence-corrected chi connectivity index (χ0v) is 19.6. The molecule has 34 heavy (non-hydrogen) atoms. The highest BCUT2D eigenvalue weighted by Gasteiger charge is 2.36. The number of carbonyl (C=O) groups excluding carboxylic acids is 3. The summed E-state index contributed by atoms with van der Waals surface area (Å²) in [5.41, 5.74) is 3.71. The van der Waals surface area contributed by atoms with Gasteiger partial charge >= 0.3 is 0 Å². The number of amides is 3. The number of para-hydroxylation sites is 2. The Bertz CT molecular complexity index is 1310. The van der Waals surface area contributed by atoms with E-state index in [1.165, 1.54) is 4.90 Å². The summed E-state index contributed by atoms with van der Waals surface area (Å²) < 4.78 is 0. The van der Waals surface area contributed by atoms with Gasteiger partial charge in [-0.1, -0.05) is 26.0 Å². The van der Waals surface area contributed by atoms with Gasteiger partial charge in [-0.05, 0) is 43.2 Å². The fraction of sp³-hybridized carbons (Fsp3) is 0.346. The summed E-state index contributed by atoms with van der Waals surface area (Å²) in [6.45, 7) is 8.61. The summed E-state index contributed by atoms with van der Waals surface area (Å²) in [6, 6.07) is 12.6. The van der Waals surface area contributed by atoms with E-state index in [0.29, 0.717) is 49.4 Å². The number of nitrogens with zero attached hydrogens (tertiary/aromatic N) is 5. The second-order valence-corrected chi connectivity index (χ2v) is 9.28. The van der Waals surface area contributed by atoms with Crippen molar-refractivity contribution in [3.63, 3.8) is 0 Å². The molecule has 1 aromatic heterocycles. The average molecular weight is 458 g/mol. The van der Waals surface area contributed by atoms with Crippen molar-refractivity contribution >= 4 is 34.6 Å². The highest BCUT2D eigenvalue weighted by atomic mass is 16.2. The van der Waals surface area contributed by atoms with Crippen LogP contribution in [0, 0.1) is 12.8 Å². The van der Waals surface area contributed by atoms with E-state index in [1.807, 2.05) is 45.0 Å². The Morgan fingerprint density at radius 3 is 2.24 bits per heavy atom. The van der Waals surface area contributed by atoms with Gasteiger partial charge in [0.15, 0.2) is 5.82 Å². The molecular formula is C26H27N5O3. The molecule has 0 radical (unpaired) electrons. The summed E-state index contributed by atoms with van der Waals surface area (Å²) in [7, 11) is 0. The van der Waals surface area contributed by atoms with Crippen LogP contribution in [0.4, 0.5) is 5.82 Å². The fourth-order valence-electron chi connectivity index (χ4n) is 4.64. The minimum Gasteiger partial charge on any atom is -0.352 e.